The van der Waals surface area contributed by atoms with Crippen LogP contribution in [0.25, 0.3) is 16.9 Å². The van der Waals surface area contributed by atoms with E-state index in [-0.39, 0.29) is 0 Å². The van der Waals surface area contributed by atoms with E-state index in [4.69, 9.17) is 16.3 Å². The van der Waals surface area contributed by atoms with E-state index >= 15 is 0 Å². The average Bonchev–Trinajstić information content (AvgIpc) is 3.00. The van der Waals surface area contributed by atoms with Gasteiger partial charge in [0, 0.05) is 25.4 Å². The lowest BCUT2D eigenvalue weighted by Crippen LogP contribution is -2.01. The molecule has 2 heterocycles. The Labute approximate surface area is 115 Å². The molecule has 0 unspecified atom stereocenters. The molecule has 0 amide bonds. The Bertz CT molecular complexity index is 731. The number of aromatic nitrogens is 4. The van der Waals surface area contributed by atoms with Gasteiger partial charge in [-0.2, -0.15) is 5.10 Å². The van der Waals surface area contributed by atoms with E-state index in [1.807, 2.05) is 42.1 Å². The summed E-state index contributed by atoms with van der Waals surface area (Å²) < 4.78 is 8.96. The predicted molar refractivity (Wildman–Crippen MR) is 73.9 cm³/mol. The van der Waals surface area contributed by atoms with Gasteiger partial charge in [0.1, 0.15) is 11.6 Å². The van der Waals surface area contributed by atoms with Gasteiger partial charge in [0.05, 0.1) is 24.0 Å². The van der Waals surface area contributed by atoms with Crippen molar-refractivity contribution in [1.29, 1.82) is 0 Å². The number of aryl methyl sites for hydroxylation is 1. The molecule has 0 aliphatic heterocycles. The topological polar surface area (TPSA) is 44.9 Å². The molecule has 0 atom stereocenters. The van der Waals surface area contributed by atoms with Crippen LogP contribution in [0.2, 0.25) is 0 Å². The molecule has 19 heavy (non-hydrogen) atoms. The number of halogens is 1. The highest BCUT2D eigenvalue weighted by atomic mass is 35.5. The van der Waals surface area contributed by atoms with Crippen molar-refractivity contribution < 1.29 is 4.74 Å². The molecule has 0 aliphatic carbocycles. The highest BCUT2D eigenvalue weighted by Gasteiger charge is 2.14. The van der Waals surface area contributed by atoms with Gasteiger partial charge in [-0.15, -0.1) is 11.6 Å². The minimum absolute atomic E-state index is 0.327. The van der Waals surface area contributed by atoms with E-state index in [0.29, 0.717) is 5.88 Å². The molecule has 0 N–H and O–H groups in total. The van der Waals surface area contributed by atoms with Crippen LogP contribution in [0.4, 0.5) is 0 Å². The minimum Gasteiger partial charge on any atom is -0.497 e. The smallest absolute Gasteiger partial charge is 0.160 e. The number of ether oxygens (including phenoxy) is 1. The van der Waals surface area contributed by atoms with E-state index in [0.717, 1.165) is 28.4 Å². The maximum atomic E-state index is 5.98. The second-order valence-corrected chi connectivity index (χ2v) is 4.47. The van der Waals surface area contributed by atoms with Gasteiger partial charge in [-0.1, -0.05) is 0 Å². The molecule has 5 nitrogen and oxygen atoms in total. The number of methoxy groups -OCH3 is 1. The lowest BCUT2D eigenvalue weighted by molar-refractivity contribution is 0.415. The zero-order valence-corrected chi connectivity index (χ0v) is 11.4. The van der Waals surface area contributed by atoms with Crippen molar-refractivity contribution in [2.24, 2.45) is 7.05 Å². The molecular formula is C13H13ClN4O. The van der Waals surface area contributed by atoms with Crippen molar-refractivity contribution in [2.75, 3.05) is 7.11 Å². The Morgan fingerprint density at radius 3 is 2.79 bits per heavy atom. The van der Waals surface area contributed by atoms with Crippen molar-refractivity contribution in [3.63, 3.8) is 0 Å². The Morgan fingerprint density at radius 1 is 1.32 bits per heavy atom. The van der Waals surface area contributed by atoms with E-state index < -0.39 is 0 Å². The third kappa shape index (κ3) is 1.96. The summed E-state index contributed by atoms with van der Waals surface area (Å²) in [7, 11) is 3.52. The second-order valence-electron chi connectivity index (χ2n) is 4.20. The summed E-state index contributed by atoms with van der Waals surface area (Å²) >= 11 is 5.98. The van der Waals surface area contributed by atoms with Gasteiger partial charge in [0.15, 0.2) is 5.82 Å². The normalized spacial score (nSPS) is 11.1. The number of benzene rings is 1. The van der Waals surface area contributed by atoms with Crippen LogP contribution in [0.5, 0.6) is 5.75 Å². The van der Waals surface area contributed by atoms with Gasteiger partial charge < -0.3 is 4.74 Å². The van der Waals surface area contributed by atoms with Gasteiger partial charge in [-0.25, -0.2) is 4.98 Å². The van der Waals surface area contributed by atoms with Gasteiger partial charge >= 0.3 is 0 Å². The van der Waals surface area contributed by atoms with Crippen molar-refractivity contribution in [3.05, 3.63) is 36.3 Å². The number of imidazole rings is 1. The summed E-state index contributed by atoms with van der Waals surface area (Å²) in [5.74, 6) is 2.68. The third-order valence-corrected chi connectivity index (χ3v) is 3.22. The summed E-state index contributed by atoms with van der Waals surface area (Å²) in [6, 6.07) is 7.67. The van der Waals surface area contributed by atoms with Crippen LogP contribution in [0.1, 0.15) is 5.82 Å². The predicted octanol–water partition coefficient (Wildman–Crippen LogP) is 2.51. The van der Waals surface area contributed by atoms with Crippen LogP contribution in [-0.4, -0.2) is 26.4 Å². The standard InChI is InChI=1S/C13H13ClN4O/c1-17-6-5-12(16-17)18-11-7-9(19-2)3-4-10(11)15-13(18)8-14/h3-7H,8H2,1-2H3. The number of hydrogen-bond donors (Lipinski definition) is 0. The fourth-order valence-corrected chi connectivity index (χ4v) is 2.28. The molecule has 1 aromatic carbocycles. The Hall–Kier alpha value is -2.01. The molecular weight excluding hydrogens is 264 g/mol. The number of alkyl halides is 1. The monoisotopic (exact) mass is 276 g/mol. The molecule has 3 aromatic rings. The second kappa shape index (κ2) is 4.59. The number of fused-ring (bicyclic) bond motifs is 1. The first kappa shape index (κ1) is 12.0. The highest BCUT2D eigenvalue weighted by molar-refractivity contribution is 6.17. The lowest BCUT2D eigenvalue weighted by atomic mass is 10.3. The summed E-state index contributed by atoms with van der Waals surface area (Å²) in [6.07, 6.45) is 1.89. The van der Waals surface area contributed by atoms with Crippen molar-refractivity contribution >= 4 is 22.6 Å². The van der Waals surface area contributed by atoms with Crippen LogP contribution >= 0.6 is 11.6 Å². The van der Waals surface area contributed by atoms with Gasteiger partial charge in [-0.3, -0.25) is 9.25 Å². The van der Waals surface area contributed by atoms with Crippen LogP contribution in [0.3, 0.4) is 0 Å². The van der Waals surface area contributed by atoms with Gasteiger partial charge in [0.25, 0.3) is 0 Å². The fourth-order valence-electron chi connectivity index (χ4n) is 2.10. The van der Waals surface area contributed by atoms with Crippen LogP contribution in [0, 0.1) is 0 Å². The first-order valence-corrected chi connectivity index (χ1v) is 6.37. The molecule has 0 saturated carbocycles. The molecule has 6 heteroatoms. The van der Waals surface area contributed by atoms with E-state index in [1.165, 1.54) is 0 Å². The average molecular weight is 277 g/mol. The summed E-state index contributed by atoms with van der Waals surface area (Å²) in [6.45, 7) is 0. The van der Waals surface area contributed by atoms with E-state index in [2.05, 4.69) is 10.1 Å². The number of hydrogen-bond acceptors (Lipinski definition) is 3. The number of rotatable bonds is 3. The van der Waals surface area contributed by atoms with Gasteiger partial charge in [0.2, 0.25) is 0 Å². The molecule has 0 fully saturated rings. The quantitative estimate of drug-likeness (QED) is 0.691. The zero-order chi connectivity index (χ0) is 13.4. The van der Waals surface area contributed by atoms with Crippen molar-refractivity contribution in [2.45, 2.75) is 5.88 Å². The molecule has 0 aliphatic rings. The fraction of sp³-hybridized carbons (Fsp3) is 0.231. The Kier molecular flexibility index (Phi) is 2.91. The number of nitrogens with zero attached hydrogens (tertiary/aromatic N) is 4. The molecule has 0 bridgehead atoms. The van der Waals surface area contributed by atoms with Crippen LogP contribution < -0.4 is 4.74 Å². The molecule has 0 saturated heterocycles. The van der Waals surface area contributed by atoms with Crippen molar-refractivity contribution in [3.8, 4) is 11.6 Å². The van der Waals surface area contributed by atoms with Crippen LogP contribution in [-0.2, 0) is 12.9 Å². The molecule has 0 radical (unpaired) electrons. The molecule has 3 rings (SSSR count). The first-order valence-electron chi connectivity index (χ1n) is 5.84. The summed E-state index contributed by atoms with van der Waals surface area (Å²) in [5, 5.41) is 4.41. The Balaban J connectivity index is 2.30. The maximum absolute atomic E-state index is 5.98. The summed E-state index contributed by atoms with van der Waals surface area (Å²) in [5.41, 5.74) is 1.82. The van der Waals surface area contributed by atoms with Crippen LogP contribution in [0.15, 0.2) is 30.5 Å². The lowest BCUT2D eigenvalue weighted by Gasteiger charge is -2.04. The van der Waals surface area contributed by atoms with Gasteiger partial charge in [-0.05, 0) is 12.1 Å². The SMILES string of the molecule is COc1ccc2nc(CCl)n(-c3ccn(C)n3)c2c1. The molecule has 0 spiro atoms. The first-order chi connectivity index (χ1) is 9.22. The maximum Gasteiger partial charge on any atom is 0.160 e. The minimum atomic E-state index is 0.327. The molecule has 98 valence electrons. The highest BCUT2D eigenvalue weighted by Crippen LogP contribution is 2.25. The largest absolute Gasteiger partial charge is 0.497 e. The zero-order valence-electron chi connectivity index (χ0n) is 10.7. The summed E-state index contributed by atoms with van der Waals surface area (Å²) in [4.78, 5) is 4.52. The van der Waals surface area contributed by atoms with E-state index in [9.17, 15) is 0 Å². The van der Waals surface area contributed by atoms with Crippen molar-refractivity contribution in [1.82, 2.24) is 19.3 Å². The molecule has 2 aromatic heterocycles. The third-order valence-electron chi connectivity index (χ3n) is 2.98. The van der Waals surface area contributed by atoms with E-state index in [1.54, 1.807) is 11.8 Å². The Morgan fingerprint density at radius 2 is 2.16 bits per heavy atom.